The van der Waals surface area contributed by atoms with E-state index in [1.165, 1.54) is 92.2 Å². The summed E-state index contributed by atoms with van der Waals surface area (Å²) in [5.41, 5.74) is 33.9. The first-order valence-corrected chi connectivity index (χ1v) is 42.5. The zero-order valence-electron chi connectivity index (χ0n) is 70.8. The number of hydrogen-bond acceptors (Lipinski definition) is 32. The maximum Gasteiger partial charge on any atom is 0.333 e. The highest BCUT2D eigenvalue weighted by Gasteiger charge is 2.45. The van der Waals surface area contributed by atoms with E-state index >= 15 is 0 Å². The first-order chi connectivity index (χ1) is 56.2. The molecule has 0 radical (unpaired) electrons. The number of allylic oxidation sites excluding steroid dienone is 1. The van der Waals surface area contributed by atoms with Gasteiger partial charge in [0, 0.05) is 121 Å². The smallest absolute Gasteiger partial charge is 0.333 e. The summed E-state index contributed by atoms with van der Waals surface area (Å²) in [7, 11) is 14.5. The van der Waals surface area contributed by atoms with Gasteiger partial charge in [-0.25, -0.2) is 74.4 Å². The van der Waals surface area contributed by atoms with Crippen LogP contribution in [0, 0.1) is 45.4 Å². The number of imidazole rings is 1. The van der Waals surface area contributed by atoms with E-state index < -0.39 is 11.9 Å². The molecule has 11 heterocycles. The Hall–Kier alpha value is -10.5. The van der Waals surface area contributed by atoms with Crippen LogP contribution in [0.2, 0.25) is 0 Å². The predicted octanol–water partition coefficient (Wildman–Crippen LogP) is 14.0. The Labute approximate surface area is 743 Å². The topological polar surface area (TPSA) is 496 Å². The molecule has 40 heteroatoms. The van der Waals surface area contributed by atoms with Crippen molar-refractivity contribution in [2.24, 2.45) is 27.6 Å². The highest BCUT2D eigenvalue weighted by Crippen LogP contribution is 2.49. The Balaban J connectivity index is 0.000000306. The number of Topliss-reactive ketones (excluding diaryl/α,β-unsaturated/α-hetero) is 1. The van der Waals surface area contributed by atoms with Crippen LogP contribution in [0.5, 0.6) is 0 Å². The molecular weight excluding hydrogens is 1660 g/mol. The standard InChI is InChI=1S/C18H22N6O2S.C16H16N6OS.C12H18N4OS.C12H14N4S.C6H8N2OS.C5H10N2O.C5H10N2.C5H13NO2.4CH4/c1-10-13(11-5-8-20-15(22-11)18(2)6-7-18)27-16(21-10)23-17(26)24-9-3-4-12(24)14(19)25;1-10-12(11-3-6-18-13(20-11)16(2)4-5-16)24-14(19-10)21-15(23)22-8-7-17-9-22;1-9-11(10(17)6-7-15(2)3)18-12(14-9)13-8-16(4)5;1-7-9(17-11(13)15-7)8-3-6-14-10(16-8)12(2)4-5-12;1-3-5(4(2)9)10-6(7)8-3;6-5(8)4-2-1-3-7-4;1-5(2-3-5)4(6)7;1-6(2)5(7-3)8-4;;;;/h5,8,12H,3-4,6-7,9H2,1-2H3,(H2,19,25)(H,21,23,26);3,6-9H,4-5H2,1-2H3,(H,19,21,23);6-8H,1-5H3;3,6H,4-5H2,1-2H3,(H2,13,15);1-2H3,(H2,7,8);4,7H,1-3H2,(H2,6,8);2-3H2,1H3,(H3,6,7);5H,1-4H3;4*1H4/b;;7-6+,13-8?;;;;;;;;;/t12-;;;;;4-;;;;;;/m0....0....../s1. The second-order valence-electron chi connectivity index (χ2n) is 30.9. The molecule has 14 N–H and O–H groups in total. The van der Waals surface area contributed by atoms with Gasteiger partial charge >= 0.3 is 12.1 Å². The molecule has 4 saturated carbocycles. The number of hydrogen-bond donors (Lipinski definition) is 9. The summed E-state index contributed by atoms with van der Waals surface area (Å²) in [5.74, 6) is 2.35. The number of amides is 5. The third-order valence-corrected chi connectivity index (χ3v) is 25.0. The number of aliphatic imine (C=N–C) groups is 1. The van der Waals surface area contributed by atoms with Crippen LogP contribution in [0.15, 0.2) is 72.8 Å². The van der Waals surface area contributed by atoms with Gasteiger partial charge in [0.15, 0.2) is 32.1 Å². The Morgan fingerprint density at radius 2 is 1.05 bits per heavy atom. The monoisotopic (exact) mass is 1790 g/mol. The van der Waals surface area contributed by atoms with Crippen LogP contribution in [0.4, 0.5) is 35.2 Å². The summed E-state index contributed by atoms with van der Waals surface area (Å²) in [6.45, 7) is 20.9. The van der Waals surface area contributed by atoms with Gasteiger partial charge < -0.3 is 58.2 Å². The molecule has 6 aliphatic rings. The summed E-state index contributed by atoms with van der Waals surface area (Å²) < 4.78 is 11.1. The lowest BCUT2D eigenvalue weighted by Crippen LogP contribution is -2.45. The molecule has 0 spiro atoms. The molecule has 0 unspecified atom stereocenters. The SMILES string of the molecule is C.C.C.C.CC(=O)c1sc(N)nc1C.CC1(C(=N)N)CC1.COC(OC)N(C)C.Cc1nc(N)sc1-c1ccnc(C2(C)CC2)n1.Cc1nc(N=CN(C)C)sc1C(=O)/C=C/N(C)C.Cc1nc(NC(=O)N2CCC[C@H]2C(N)=O)sc1-c1ccnc(C2(C)CC2)n1.Cc1nc(NC(=O)n2ccnc2)sc1-c1ccnc(C2(C)CC2)n1.NC(=O)[C@@H]1CCCN1. The number of likely N-dealkylation sites (tertiary alicyclic amines) is 1. The summed E-state index contributed by atoms with van der Waals surface area (Å²) in [6, 6.07) is 4.45. The van der Waals surface area contributed by atoms with E-state index in [9.17, 15) is 28.8 Å². The predicted molar refractivity (Wildman–Crippen MR) is 497 cm³/mol. The maximum absolute atomic E-state index is 12.5. The minimum absolute atomic E-state index is 0. The normalized spacial score (nSPS) is 16.2. The Kier molecular flexibility index (Phi) is 40.0. The molecule has 672 valence electrons. The third-order valence-electron chi connectivity index (χ3n) is 19.6. The molecule has 2 saturated heterocycles. The molecule has 2 atom stereocenters. The van der Waals surface area contributed by atoms with Crippen LogP contribution >= 0.6 is 56.7 Å². The number of nitrogens with zero attached hydrogens (tertiary/aromatic N) is 18. The summed E-state index contributed by atoms with van der Waals surface area (Å²) >= 11 is 6.81. The van der Waals surface area contributed by atoms with Crippen molar-refractivity contribution in [3.63, 3.8) is 0 Å². The van der Waals surface area contributed by atoms with E-state index in [4.69, 9.17) is 53.5 Å². The Morgan fingerprint density at radius 3 is 1.38 bits per heavy atom. The number of primary amides is 2. The number of carbonyl (C=O) groups is 6. The Bertz CT molecular complexity index is 5020. The number of anilines is 4. The van der Waals surface area contributed by atoms with Crippen molar-refractivity contribution in [3.8, 4) is 31.7 Å². The number of amidine groups is 1. The molecule has 4 aliphatic carbocycles. The quantitative estimate of drug-likeness (QED) is 0.0112. The zero-order chi connectivity index (χ0) is 87.4. The number of rotatable bonds is 20. The highest BCUT2D eigenvalue weighted by atomic mass is 32.1. The fourth-order valence-electron chi connectivity index (χ4n) is 11.4. The number of urea groups is 1. The van der Waals surface area contributed by atoms with Gasteiger partial charge in [-0.1, -0.05) is 114 Å². The van der Waals surface area contributed by atoms with E-state index in [1.54, 1.807) is 64.5 Å². The molecule has 35 nitrogen and oxygen atoms in total. The average molecular weight is 1790 g/mol. The van der Waals surface area contributed by atoms with E-state index in [2.05, 4.69) is 91.6 Å². The molecule has 15 rings (SSSR count). The number of methoxy groups -OCH3 is 2. The van der Waals surface area contributed by atoms with Crippen molar-refractivity contribution < 1.29 is 38.2 Å². The Morgan fingerprint density at radius 1 is 0.585 bits per heavy atom. The molecule has 123 heavy (non-hydrogen) atoms. The van der Waals surface area contributed by atoms with Crippen LogP contribution < -0.4 is 44.6 Å². The molecule has 0 aromatic carbocycles. The van der Waals surface area contributed by atoms with E-state index in [1.807, 2.05) is 116 Å². The van der Waals surface area contributed by atoms with Crippen LogP contribution in [-0.4, -0.2) is 220 Å². The van der Waals surface area contributed by atoms with Crippen molar-refractivity contribution in [1.29, 1.82) is 5.41 Å². The number of nitrogen functional groups attached to an aromatic ring is 2. The van der Waals surface area contributed by atoms with Crippen LogP contribution in [0.25, 0.3) is 31.7 Å². The number of ketones is 2. The first-order valence-electron chi connectivity index (χ1n) is 38.5. The van der Waals surface area contributed by atoms with Gasteiger partial charge in [-0.15, -0.1) is 0 Å². The molecule has 6 fully saturated rings. The van der Waals surface area contributed by atoms with Gasteiger partial charge in [-0.2, -0.15) is 0 Å². The van der Waals surface area contributed by atoms with Crippen LogP contribution in [0.1, 0.15) is 207 Å². The minimum atomic E-state index is -0.547. The lowest BCUT2D eigenvalue weighted by Gasteiger charge is -2.21. The molecule has 0 bridgehead atoms. The van der Waals surface area contributed by atoms with Crippen molar-refractivity contribution in [1.82, 2.24) is 89.3 Å². The molecule has 9 aromatic rings. The number of aryl methyl sites for hydroxylation is 5. The summed E-state index contributed by atoms with van der Waals surface area (Å²) in [6.07, 6.45) is 27.1. The van der Waals surface area contributed by atoms with Crippen LogP contribution in [-0.2, 0) is 35.3 Å². The third kappa shape index (κ3) is 30.5. The van der Waals surface area contributed by atoms with Gasteiger partial charge in [0.2, 0.25) is 23.4 Å². The number of aromatic nitrogens is 13. The lowest BCUT2D eigenvalue weighted by atomic mass is 10.1. The van der Waals surface area contributed by atoms with Crippen molar-refractivity contribution in [3.05, 3.63) is 123 Å². The molecule has 2 aliphatic heterocycles. The van der Waals surface area contributed by atoms with Crippen molar-refractivity contribution >= 4 is 130 Å². The maximum atomic E-state index is 12.5. The van der Waals surface area contributed by atoms with E-state index in [0.29, 0.717) is 54.2 Å². The second-order valence-corrected chi connectivity index (χ2v) is 36.0. The minimum Gasteiger partial charge on any atom is -0.387 e. The first kappa shape index (κ1) is 105. The number of nitrogens with two attached hydrogens (primary N) is 5. The largest absolute Gasteiger partial charge is 0.387 e. The van der Waals surface area contributed by atoms with Gasteiger partial charge in [-0.05, 0) is 151 Å². The number of thiazole rings is 5. The fourth-order valence-corrected chi connectivity index (χ4v) is 15.6. The van der Waals surface area contributed by atoms with Gasteiger partial charge in [0.1, 0.15) is 29.8 Å². The molecule has 9 aromatic heterocycles. The number of carbonyl (C=O) groups excluding carboxylic acids is 6. The number of ether oxygens (including phenoxy) is 2. The van der Waals surface area contributed by atoms with Gasteiger partial charge in [0.05, 0.1) is 88.2 Å². The van der Waals surface area contributed by atoms with Crippen molar-refractivity contribution in [2.45, 2.75) is 211 Å². The number of nitrogens with one attached hydrogen (secondary N) is 4. The molecular formula is C83H127N27O8S5. The lowest BCUT2D eigenvalue weighted by molar-refractivity contribution is -0.179. The van der Waals surface area contributed by atoms with E-state index in [0.717, 1.165) is 142 Å². The second kappa shape index (κ2) is 46.9. The van der Waals surface area contributed by atoms with Gasteiger partial charge in [0.25, 0.3) is 0 Å². The van der Waals surface area contributed by atoms with Crippen molar-refractivity contribution in [2.75, 3.05) is 91.7 Å². The van der Waals surface area contributed by atoms with Crippen LogP contribution in [0.3, 0.4) is 0 Å². The zero-order valence-corrected chi connectivity index (χ0v) is 74.9. The molecule has 5 amide bonds. The highest BCUT2D eigenvalue weighted by molar-refractivity contribution is 7.20. The fraction of sp³-hybridized carbons (Fsp3) is 0.518. The summed E-state index contributed by atoms with van der Waals surface area (Å²) in [4.78, 5) is 137. The van der Waals surface area contributed by atoms with E-state index in [-0.39, 0.29) is 93.4 Å². The van der Waals surface area contributed by atoms with Gasteiger partial charge in [-0.3, -0.25) is 44.7 Å². The average Bonchev–Trinajstić information content (AvgIpc) is 1.64. The summed E-state index contributed by atoms with van der Waals surface area (Å²) in [5, 5.41) is 18.2.